The molecule has 6 N–H and O–H groups in total. The first-order valence-corrected chi connectivity index (χ1v) is 4.36. The smallest absolute Gasteiger partial charge is 0.322 e. The van der Waals surface area contributed by atoms with E-state index in [1.165, 1.54) is 7.11 Å². The Morgan fingerprint density at radius 1 is 1.50 bits per heavy atom. The van der Waals surface area contributed by atoms with Gasteiger partial charge in [0.15, 0.2) is 5.96 Å². The van der Waals surface area contributed by atoms with Crippen LogP contribution in [-0.2, 0) is 9.53 Å². The van der Waals surface area contributed by atoms with Crippen molar-refractivity contribution in [2.45, 2.75) is 19.4 Å². The van der Waals surface area contributed by atoms with E-state index in [2.05, 4.69) is 9.73 Å². The number of hydrogen-bond donors (Lipinski definition) is 3. The molecule has 0 saturated heterocycles. The number of nitrogens with two attached hydrogens (primary N) is 3. The van der Waals surface area contributed by atoms with Crippen LogP contribution >= 0.6 is 0 Å². The van der Waals surface area contributed by atoms with Gasteiger partial charge in [-0.3, -0.25) is 9.79 Å². The van der Waals surface area contributed by atoms with Gasteiger partial charge in [-0.2, -0.15) is 0 Å². The number of carbonyl (C=O) groups excluding carboxylic acids is 1. The summed E-state index contributed by atoms with van der Waals surface area (Å²) in [6.07, 6.45) is 0.503. The molecule has 0 aliphatic heterocycles. The van der Waals surface area contributed by atoms with E-state index in [0.717, 1.165) is 0 Å². The highest BCUT2D eigenvalue weighted by Gasteiger charge is 2.16. The summed E-state index contributed by atoms with van der Waals surface area (Å²) < 4.78 is 4.49. The Morgan fingerprint density at radius 2 is 2.07 bits per heavy atom. The number of nitrogens with zero attached hydrogens (tertiary/aromatic N) is 1. The minimum absolute atomic E-state index is 0.0449. The molecule has 14 heavy (non-hydrogen) atoms. The zero-order valence-corrected chi connectivity index (χ0v) is 8.56. The van der Waals surface area contributed by atoms with Gasteiger partial charge in [0.05, 0.1) is 7.11 Å². The third-order valence-corrected chi connectivity index (χ3v) is 1.75. The molecule has 82 valence electrons. The highest BCUT2D eigenvalue weighted by Crippen LogP contribution is 2.05. The lowest BCUT2D eigenvalue weighted by Gasteiger charge is -2.13. The number of hydrogen-bond acceptors (Lipinski definition) is 4. The molecule has 0 aromatic rings. The highest BCUT2D eigenvalue weighted by atomic mass is 16.5. The third-order valence-electron chi connectivity index (χ3n) is 1.75. The lowest BCUT2D eigenvalue weighted by Crippen LogP contribution is -2.34. The van der Waals surface area contributed by atoms with E-state index in [-0.39, 0.29) is 11.9 Å². The normalized spacial score (nSPS) is 14.2. The molecule has 0 rings (SSSR count). The second kappa shape index (κ2) is 6.20. The number of rotatable bonds is 5. The van der Waals surface area contributed by atoms with Gasteiger partial charge in [-0.15, -0.1) is 0 Å². The molecule has 0 aromatic carbocycles. The Balaban J connectivity index is 3.88. The molecule has 0 saturated carbocycles. The maximum atomic E-state index is 11.0. The van der Waals surface area contributed by atoms with Gasteiger partial charge < -0.3 is 21.9 Å². The average molecular weight is 202 g/mol. The van der Waals surface area contributed by atoms with E-state index in [4.69, 9.17) is 17.2 Å². The molecule has 2 atom stereocenters. The summed E-state index contributed by atoms with van der Waals surface area (Å²) in [6.45, 7) is 2.38. The van der Waals surface area contributed by atoms with E-state index >= 15 is 0 Å². The van der Waals surface area contributed by atoms with E-state index in [9.17, 15) is 4.79 Å². The molecule has 0 heterocycles. The van der Waals surface area contributed by atoms with Crippen LogP contribution in [0.3, 0.4) is 0 Å². The fraction of sp³-hybridized carbons (Fsp3) is 0.750. The standard InChI is InChI=1S/C8H18N4O2/c1-5(4-12-8(10)11)3-6(9)7(13)14-2/h5-6H,3-4,9H2,1-2H3,(H4,10,11,12)/t5?,6-/m1/s1. The summed E-state index contributed by atoms with van der Waals surface area (Å²) >= 11 is 0. The van der Waals surface area contributed by atoms with Crippen LogP contribution in [0.15, 0.2) is 4.99 Å². The Morgan fingerprint density at radius 3 is 2.50 bits per heavy atom. The van der Waals surface area contributed by atoms with Gasteiger partial charge >= 0.3 is 5.97 Å². The van der Waals surface area contributed by atoms with Crippen molar-refractivity contribution in [2.75, 3.05) is 13.7 Å². The number of esters is 1. The molecule has 0 radical (unpaired) electrons. The van der Waals surface area contributed by atoms with Gasteiger partial charge in [-0.1, -0.05) is 6.92 Å². The zero-order chi connectivity index (χ0) is 11.1. The van der Waals surface area contributed by atoms with Crippen molar-refractivity contribution in [1.82, 2.24) is 0 Å². The molecule has 0 aliphatic carbocycles. The molecule has 0 spiro atoms. The van der Waals surface area contributed by atoms with Crippen LogP contribution in [0.25, 0.3) is 0 Å². The third kappa shape index (κ3) is 5.36. The van der Waals surface area contributed by atoms with Crippen molar-refractivity contribution < 1.29 is 9.53 Å². The number of methoxy groups -OCH3 is 1. The second-order valence-electron chi connectivity index (χ2n) is 3.24. The average Bonchev–Trinajstić information content (AvgIpc) is 2.13. The van der Waals surface area contributed by atoms with Gasteiger partial charge in [0, 0.05) is 6.54 Å². The van der Waals surface area contributed by atoms with Crippen molar-refractivity contribution in [1.29, 1.82) is 0 Å². The van der Waals surface area contributed by atoms with E-state index in [1.807, 2.05) is 6.92 Å². The summed E-state index contributed by atoms with van der Waals surface area (Å²) in [5.74, 6) is -0.226. The summed E-state index contributed by atoms with van der Waals surface area (Å²) in [4.78, 5) is 14.8. The Hall–Kier alpha value is -1.30. The van der Waals surface area contributed by atoms with Gasteiger partial charge in [-0.25, -0.2) is 0 Å². The topological polar surface area (TPSA) is 117 Å². The van der Waals surface area contributed by atoms with Crippen LogP contribution in [0.5, 0.6) is 0 Å². The molecular weight excluding hydrogens is 184 g/mol. The van der Waals surface area contributed by atoms with Crippen LogP contribution in [0.4, 0.5) is 0 Å². The SMILES string of the molecule is COC(=O)[C@H](N)CC(C)CN=C(N)N. The Kier molecular flexibility index (Phi) is 5.62. The highest BCUT2D eigenvalue weighted by molar-refractivity contribution is 5.76. The number of guanidine groups is 1. The maximum absolute atomic E-state index is 11.0. The molecule has 6 nitrogen and oxygen atoms in total. The van der Waals surface area contributed by atoms with E-state index in [0.29, 0.717) is 13.0 Å². The van der Waals surface area contributed by atoms with Crippen LogP contribution in [-0.4, -0.2) is 31.6 Å². The Labute approximate surface area is 83.5 Å². The summed E-state index contributed by atoms with van der Waals surface area (Å²) in [5, 5.41) is 0. The lowest BCUT2D eigenvalue weighted by atomic mass is 10.0. The van der Waals surface area contributed by atoms with Crippen molar-refractivity contribution >= 4 is 11.9 Å². The predicted molar refractivity (Wildman–Crippen MR) is 54.4 cm³/mol. The predicted octanol–water partition coefficient (Wildman–Crippen LogP) is -1.21. The Bertz CT molecular complexity index is 213. The molecule has 0 fully saturated rings. The molecule has 6 heteroatoms. The van der Waals surface area contributed by atoms with E-state index < -0.39 is 12.0 Å². The van der Waals surface area contributed by atoms with Crippen molar-refractivity contribution in [2.24, 2.45) is 28.1 Å². The molecule has 0 aromatic heterocycles. The molecule has 1 unspecified atom stereocenters. The molecule has 0 bridgehead atoms. The van der Waals surface area contributed by atoms with Gasteiger partial charge in [0.25, 0.3) is 0 Å². The van der Waals surface area contributed by atoms with Crippen LogP contribution < -0.4 is 17.2 Å². The maximum Gasteiger partial charge on any atom is 0.322 e. The first kappa shape index (κ1) is 12.7. The first-order valence-electron chi connectivity index (χ1n) is 4.36. The number of aliphatic imine (C=N–C) groups is 1. The fourth-order valence-electron chi connectivity index (χ4n) is 1.02. The summed E-state index contributed by atoms with van der Waals surface area (Å²) in [7, 11) is 1.31. The first-order chi connectivity index (χ1) is 6.47. The lowest BCUT2D eigenvalue weighted by molar-refractivity contribution is -0.142. The molecular formula is C8H18N4O2. The van der Waals surface area contributed by atoms with Crippen LogP contribution in [0.1, 0.15) is 13.3 Å². The van der Waals surface area contributed by atoms with Crippen molar-refractivity contribution in [3.05, 3.63) is 0 Å². The molecule has 0 amide bonds. The van der Waals surface area contributed by atoms with Gasteiger partial charge in [0.1, 0.15) is 6.04 Å². The van der Waals surface area contributed by atoms with Crippen molar-refractivity contribution in [3.8, 4) is 0 Å². The fourth-order valence-corrected chi connectivity index (χ4v) is 1.02. The van der Waals surface area contributed by atoms with Crippen molar-refractivity contribution in [3.63, 3.8) is 0 Å². The number of ether oxygens (including phenoxy) is 1. The monoisotopic (exact) mass is 202 g/mol. The zero-order valence-electron chi connectivity index (χ0n) is 8.56. The summed E-state index contributed by atoms with van der Waals surface area (Å²) in [6, 6.07) is -0.607. The van der Waals surface area contributed by atoms with Crippen LogP contribution in [0, 0.1) is 5.92 Å². The summed E-state index contributed by atoms with van der Waals surface area (Å²) in [5.41, 5.74) is 15.9. The minimum atomic E-state index is -0.607. The quantitative estimate of drug-likeness (QED) is 0.294. The van der Waals surface area contributed by atoms with Gasteiger partial charge in [-0.05, 0) is 12.3 Å². The van der Waals surface area contributed by atoms with Crippen LogP contribution in [0.2, 0.25) is 0 Å². The van der Waals surface area contributed by atoms with Gasteiger partial charge in [0.2, 0.25) is 0 Å². The molecule has 0 aliphatic rings. The largest absolute Gasteiger partial charge is 0.468 e. The van der Waals surface area contributed by atoms with E-state index in [1.54, 1.807) is 0 Å². The second-order valence-corrected chi connectivity index (χ2v) is 3.24. The minimum Gasteiger partial charge on any atom is -0.468 e. The number of carbonyl (C=O) groups is 1.